The van der Waals surface area contributed by atoms with Crippen LogP contribution in [0.3, 0.4) is 0 Å². The van der Waals surface area contributed by atoms with Crippen molar-refractivity contribution in [2.24, 2.45) is 0 Å². The highest BCUT2D eigenvalue weighted by molar-refractivity contribution is 8.70. The van der Waals surface area contributed by atoms with Crippen LogP contribution in [0, 0.1) is 0 Å². The van der Waals surface area contributed by atoms with Crippen LogP contribution in [0.1, 0.15) is 33.6 Å². The van der Waals surface area contributed by atoms with Crippen molar-refractivity contribution in [2.45, 2.75) is 38.9 Å². The number of nitrogens with zero attached hydrogens (tertiary/aromatic N) is 1. The average molecular weight is 253 g/mol. The highest BCUT2D eigenvalue weighted by atomic mass is 32.9. The summed E-state index contributed by atoms with van der Waals surface area (Å²) in [5, 5.41) is -1.13. The normalized spacial score (nSPS) is 17.1. The molecule has 0 rings (SSSR count). The zero-order valence-electron chi connectivity index (χ0n) is 9.40. The molecule has 84 valence electrons. The van der Waals surface area contributed by atoms with Crippen molar-refractivity contribution in [1.29, 1.82) is 0 Å². The van der Waals surface area contributed by atoms with E-state index in [4.69, 9.17) is 11.8 Å². The molecule has 0 aromatic heterocycles. The standard InChI is InChI=1S/C9H20NOPS2/c1-5-7-10(8-11)12(4,13)14-9(3)6-2/h8-9H,5-7H2,1-4H3. The van der Waals surface area contributed by atoms with Crippen LogP contribution in [0.2, 0.25) is 0 Å². The molecule has 14 heavy (non-hydrogen) atoms. The maximum Gasteiger partial charge on any atom is 0.214 e. The molecule has 2 unspecified atom stereocenters. The monoisotopic (exact) mass is 253 g/mol. The van der Waals surface area contributed by atoms with Crippen LogP contribution in [-0.2, 0) is 16.6 Å². The molecule has 5 heteroatoms. The van der Waals surface area contributed by atoms with Gasteiger partial charge in [0.1, 0.15) is 0 Å². The van der Waals surface area contributed by atoms with E-state index >= 15 is 0 Å². The van der Waals surface area contributed by atoms with Crippen molar-refractivity contribution in [2.75, 3.05) is 13.2 Å². The second-order valence-corrected chi connectivity index (χ2v) is 12.1. The molecule has 0 aromatic carbocycles. The summed E-state index contributed by atoms with van der Waals surface area (Å²) >= 11 is 7.34. The number of hydrogen-bond donors (Lipinski definition) is 0. The van der Waals surface area contributed by atoms with Crippen molar-refractivity contribution in [1.82, 2.24) is 4.67 Å². The summed E-state index contributed by atoms with van der Waals surface area (Å²) in [4.78, 5) is 10.9. The van der Waals surface area contributed by atoms with E-state index in [1.54, 1.807) is 11.4 Å². The molecule has 2 nitrogen and oxygen atoms in total. The number of hydrogen-bond acceptors (Lipinski definition) is 3. The SMILES string of the molecule is CCCN(C=O)P(C)(=S)SC(C)CC. The smallest absolute Gasteiger partial charge is 0.214 e. The molecular formula is C9H20NOPS2. The van der Waals surface area contributed by atoms with E-state index in [2.05, 4.69) is 20.8 Å². The van der Waals surface area contributed by atoms with Crippen LogP contribution in [0.4, 0.5) is 0 Å². The molecule has 0 heterocycles. The van der Waals surface area contributed by atoms with E-state index < -0.39 is 5.39 Å². The van der Waals surface area contributed by atoms with Gasteiger partial charge in [-0.2, -0.15) is 0 Å². The van der Waals surface area contributed by atoms with Crippen molar-refractivity contribution < 1.29 is 4.79 Å². The van der Waals surface area contributed by atoms with Gasteiger partial charge in [-0.3, -0.25) is 4.79 Å². The summed E-state index contributed by atoms with van der Waals surface area (Å²) in [7, 11) is 0. The molecule has 2 atom stereocenters. The van der Waals surface area contributed by atoms with Crippen LogP contribution < -0.4 is 0 Å². The summed E-state index contributed by atoms with van der Waals surface area (Å²) in [6.07, 6.45) is 3.00. The molecule has 0 spiro atoms. The summed E-state index contributed by atoms with van der Waals surface area (Å²) in [5.41, 5.74) is 0. The minimum absolute atomic E-state index is 0.546. The largest absolute Gasteiger partial charge is 0.309 e. The summed E-state index contributed by atoms with van der Waals surface area (Å²) in [6, 6.07) is 0. The number of amides is 1. The highest BCUT2D eigenvalue weighted by Gasteiger charge is 2.21. The number of carbonyl (C=O) groups excluding carboxylic acids is 1. The molecule has 1 amide bonds. The van der Waals surface area contributed by atoms with Gasteiger partial charge in [0.2, 0.25) is 6.41 Å². The fourth-order valence-corrected chi connectivity index (χ4v) is 7.55. The van der Waals surface area contributed by atoms with E-state index in [0.717, 1.165) is 25.8 Å². The maximum atomic E-state index is 10.9. The lowest BCUT2D eigenvalue weighted by molar-refractivity contribution is -0.114. The summed E-state index contributed by atoms with van der Waals surface area (Å²) in [5.74, 6) is 0. The van der Waals surface area contributed by atoms with Gasteiger partial charge in [-0.15, -0.1) is 11.4 Å². The molecule has 0 N–H and O–H groups in total. The van der Waals surface area contributed by atoms with E-state index in [1.165, 1.54) is 0 Å². The van der Waals surface area contributed by atoms with Crippen molar-refractivity contribution in [3.05, 3.63) is 0 Å². The zero-order chi connectivity index (χ0) is 11.2. The molecular weight excluding hydrogens is 233 g/mol. The number of carbonyl (C=O) groups is 1. The zero-order valence-corrected chi connectivity index (χ0v) is 11.9. The van der Waals surface area contributed by atoms with Crippen LogP contribution in [0.25, 0.3) is 0 Å². The second-order valence-electron chi connectivity index (χ2n) is 3.40. The van der Waals surface area contributed by atoms with Gasteiger partial charge in [0.25, 0.3) is 0 Å². The molecule has 0 radical (unpaired) electrons. The average Bonchev–Trinajstić information content (AvgIpc) is 2.12. The van der Waals surface area contributed by atoms with E-state index in [-0.39, 0.29) is 0 Å². The Bertz CT molecular complexity index is 223. The molecule has 0 saturated heterocycles. The first-order chi connectivity index (χ1) is 6.47. The molecule has 0 aliphatic rings. The molecule has 0 fully saturated rings. The predicted octanol–water partition coefficient (Wildman–Crippen LogP) is 3.33. The van der Waals surface area contributed by atoms with Gasteiger partial charge in [-0.05, 0) is 19.5 Å². The maximum absolute atomic E-state index is 10.9. The van der Waals surface area contributed by atoms with E-state index in [1.807, 2.05) is 11.3 Å². The molecule has 0 aromatic rings. The van der Waals surface area contributed by atoms with Crippen LogP contribution in [-0.4, -0.2) is 29.5 Å². The fraction of sp³-hybridized carbons (Fsp3) is 0.889. The Kier molecular flexibility index (Phi) is 7.09. The van der Waals surface area contributed by atoms with Gasteiger partial charge in [-0.25, -0.2) is 0 Å². The fourth-order valence-electron chi connectivity index (χ4n) is 1.02. The Morgan fingerprint density at radius 2 is 2.14 bits per heavy atom. The first-order valence-electron chi connectivity index (χ1n) is 4.96. The van der Waals surface area contributed by atoms with Crippen LogP contribution >= 0.6 is 16.8 Å². The van der Waals surface area contributed by atoms with Gasteiger partial charge in [0.15, 0.2) is 0 Å². The summed E-state index contributed by atoms with van der Waals surface area (Å²) in [6.45, 7) is 9.23. The lowest BCUT2D eigenvalue weighted by atomic mass is 10.4. The Morgan fingerprint density at radius 1 is 1.57 bits per heavy atom. The second kappa shape index (κ2) is 6.86. The first-order valence-corrected chi connectivity index (χ1v) is 9.65. The third kappa shape index (κ3) is 4.81. The van der Waals surface area contributed by atoms with Gasteiger partial charge in [0.05, 0.1) is 5.39 Å². The topological polar surface area (TPSA) is 20.3 Å². The lowest BCUT2D eigenvalue weighted by Gasteiger charge is -2.29. The third-order valence-corrected chi connectivity index (χ3v) is 8.59. The Balaban J connectivity index is 4.40. The van der Waals surface area contributed by atoms with Gasteiger partial charge in [-0.1, -0.05) is 32.6 Å². The Labute approximate surface area is 96.6 Å². The Morgan fingerprint density at radius 3 is 2.50 bits per heavy atom. The van der Waals surface area contributed by atoms with Crippen LogP contribution in [0.5, 0.6) is 0 Å². The molecule has 0 aliphatic carbocycles. The molecule has 0 saturated carbocycles. The van der Waals surface area contributed by atoms with Crippen molar-refractivity contribution in [3.63, 3.8) is 0 Å². The van der Waals surface area contributed by atoms with Crippen LogP contribution in [0.15, 0.2) is 0 Å². The van der Waals surface area contributed by atoms with Gasteiger partial charge in [0, 0.05) is 11.8 Å². The van der Waals surface area contributed by atoms with Crippen molar-refractivity contribution >= 4 is 35.0 Å². The highest BCUT2D eigenvalue weighted by Crippen LogP contribution is 2.60. The Hall–Kier alpha value is 0.470. The lowest BCUT2D eigenvalue weighted by Crippen LogP contribution is -2.18. The number of rotatable bonds is 7. The first kappa shape index (κ1) is 14.5. The van der Waals surface area contributed by atoms with Crippen molar-refractivity contribution in [3.8, 4) is 0 Å². The van der Waals surface area contributed by atoms with E-state index in [9.17, 15) is 4.79 Å². The quantitative estimate of drug-likeness (QED) is 0.513. The minimum atomic E-state index is -1.68. The van der Waals surface area contributed by atoms with Gasteiger partial charge >= 0.3 is 0 Å². The predicted molar refractivity (Wildman–Crippen MR) is 70.6 cm³/mol. The molecule has 0 aliphatic heterocycles. The molecule has 0 bridgehead atoms. The van der Waals surface area contributed by atoms with E-state index in [0.29, 0.717) is 5.25 Å². The van der Waals surface area contributed by atoms with Gasteiger partial charge < -0.3 is 4.67 Å². The summed E-state index contributed by atoms with van der Waals surface area (Å²) < 4.78 is 1.82. The minimum Gasteiger partial charge on any atom is -0.309 e. The third-order valence-electron chi connectivity index (χ3n) is 1.99.